The first-order valence-electron chi connectivity index (χ1n) is 10.6. The van der Waals surface area contributed by atoms with E-state index < -0.39 is 0 Å². The maximum absolute atomic E-state index is 3.88. The second-order valence-electron chi connectivity index (χ2n) is 8.48. The van der Waals surface area contributed by atoms with Crippen LogP contribution >= 0.6 is 0 Å². The molecule has 0 spiro atoms. The molecule has 3 aromatic carbocycles. The molecule has 2 unspecified atom stereocenters. The summed E-state index contributed by atoms with van der Waals surface area (Å²) < 4.78 is 0. The van der Waals surface area contributed by atoms with Gasteiger partial charge in [-0.2, -0.15) is 0 Å². The molecule has 0 aromatic heterocycles. The van der Waals surface area contributed by atoms with E-state index in [1.165, 1.54) is 33.4 Å². The van der Waals surface area contributed by atoms with Crippen LogP contribution in [0.5, 0.6) is 0 Å². The zero-order valence-corrected chi connectivity index (χ0v) is 17.7. The number of aryl methyl sites for hydroxylation is 1. The largest absolute Gasteiger partial charge is 0.103 e. The third kappa shape index (κ3) is 3.38. The second-order valence-corrected chi connectivity index (χ2v) is 8.48. The Kier molecular flexibility index (Phi) is 5.28. The lowest BCUT2D eigenvalue weighted by atomic mass is 9.68. The molecule has 0 radical (unpaired) electrons. The van der Waals surface area contributed by atoms with Crippen LogP contribution in [0.15, 0.2) is 103 Å². The van der Waals surface area contributed by atoms with Crippen molar-refractivity contribution in [3.8, 4) is 0 Å². The van der Waals surface area contributed by atoms with Crippen LogP contribution in [-0.2, 0) is 5.41 Å². The van der Waals surface area contributed by atoms with Crippen molar-refractivity contribution in [3.05, 3.63) is 131 Å². The molecule has 4 rings (SSSR count). The van der Waals surface area contributed by atoms with Gasteiger partial charge in [0.1, 0.15) is 0 Å². The molecule has 0 heterocycles. The lowest BCUT2D eigenvalue weighted by molar-refractivity contribution is 0.525. The van der Waals surface area contributed by atoms with Gasteiger partial charge < -0.3 is 0 Å². The molecule has 0 nitrogen and oxygen atoms in total. The van der Waals surface area contributed by atoms with Crippen molar-refractivity contribution in [2.45, 2.75) is 38.5 Å². The van der Waals surface area contributed by atoms with Crippen molar-refractivity contribution in [2.75, 3.05) is 0 Å². The summed E-state index contributed by atoms with van der Waals surface area (Å²) in [5.74, 6) is 1.14. The van der Waals surface area contributed by atoms with Crippen LogP contribution in [0.4, 0.5) is 0 Å². The maximum atomic E-state index is 3.88. The third-order valence-corrected chi connectivity index (χ3v) is 6.81. The molecule has 0 aliphatic heterocycles. The van der Waals surface area contributed by atoms with Gasteiger partial charge in [-0.25, -0.2) is 0 Å². The maximum Gasteiger partial charge on any atom is 0.0425 e. The molecule has 146 valence electrons. The summed E-state index contributed by atoms with van der Waals surface area (Å²) in [5.41, 5.74) is 8.10. The molecule has 0 heteroatoms. The summed E-state index contributed by atoms with van der Waals surface area (Å²) in [6, 6.07) is 29.0. The minimum Gasteiger partial charge on any atom is -0.103 e. The van der Waals surface area contributed by atoms with Crippen molar-refractivity contribution in [1.29, 1.82) is 0 Å². The molecule has 0 bridgehead atoms. The van der Waals surface area contributed by atoms with Gasteiger partial charge in [-0.3, -0.25) is 0 Å². The van der Waals surface area contributed by atoms with E-state index in [0.29, 0.717) is 11.8 Å². The molecule has 1 aliphatic rings. The highest BCUT2D eigenvalue weighted by atomic mass is 14.4. The average molecular weight is 379 g/mol. The lowest BCUT2D eigenvalue weighted by Crippen LogP contribution is -2.26. The van der Waals surface area contributed by atoms with E-state index in [2.05, 4.69) is 112 Å². The molecular weight excluding hydrogens is 348 g/mol. The molecule has 0 amide bonds. The first-order valence-corrected chi connectivity index (χ1v) is 10.6. The van der Waals surface area contributed by atoms with Crippen molar-refractivity contribution in [1.82, 2.24) is 0 Å². The van der Waals surface area contributed by atoms with E-state index >= 15 is 0 Å². The lowest BCUT2D eigenvalue weighted by Gasteiger charge is -2.35. The van der Waals surface area contributed by atoms with Crippen LogP contribution in [0, 0.1) is 12.8 Å². The summed E-state index contributed by atoms with van der Waals surface area (Å²) in [6.07, 6.45) is 5.43. The average Bonchev–Trinajstić information content (AvgIpc) is 2.76. The SMILES string of the molecule is C=CCC1=C[C@@H](c2ccc(C(C)(c3ccccc3)c3ccccc3C)cc2)C1C. The predicted molar refractivity (Wildman–Crippen MR) is 124 cm³/mol. The van der Waals surface area contributed by atoms with Crippen LogP contribution in [0.2, 0.25) is 0 Å². The Morgan fingerprint density at radius 2 is 1.48 bits per heavy atom. The molecule has 0 saturated carbocycles. The van der Waals surface area contributed by atoms with E-state index in [9.17, 15) is 0 Å². The van der Waals surface area contributed by atoms with Gasteiger partial charge in [-0.05, 0) is 54.0 Å². The Morgan fingerprint density at radius 3 is 2.10 bits per heavy atom. The Bertz CT molecular complexity index is 1020. The summed E-state index contributed by atoms with van der Waals surface area (Å²) in [4.78, 5) is 0. The van der Waals surface area contributed by atoms with E-state index in [1.807, 2.05) is 6.08 Å². The summed E-state index contributed by atoms with van der Waals surface area (Å²) >= 11 is 0. The molecular formula is C29H30. The number of allylic oxidation sites excluding steroid dienone is 3. The van der Waals surface area contributed by atoms with Gasteiger partial charge in [-0.1, -0.05) is 104 Å². The van der Waals surface area contributed by atoms with Gasteiger partial charge in [0.2, 0.25) is 0 Å². The zero-order chi connectivity index (χ0) is 20.4. The van der Waals surface area contributed by atoms with E-state index in [-0.39, 0.29) is 5.41 Å². The zero-order valence-electron chi connectivity index (χ0n) is 17.7. The summed E-state index contributed by atoms with van der Waals surface area (Å²) in [5, 5.41) is 0. The van der Waals surface area contributed by atoms with Crippen LogP contribution in [-0.4, -0.2) is 0 Å². The molecule has 0 fully saturated rings. The third-order valence-electron chi connectivity index (χ3n) is 6.81. The molecule has 1 aliphatic carbocycles. The smallest absolute Gasteiger partial charge is 0.0425 e. The fourth-order valence-electron chi connectivity index (χ4n) is 4.87. The molecule has 0 N–H and O–H groups in total. The second kappa shape index (κ2) is 7.87. The molecule has 3 atom stereocenters. The highest BCUT2D eigenvalue weighted by Crippen LogP contribution is 2.44. The monoisotopic (exact) mass is 378 g/mol. The minimum atomic E-state index is -0.180. The first kappa shape index (κ1) is 19.5. The predicted octanol–water partition coefficient (Wildman–Crippen LogP) is 7.59. The van der Waals surface area contributed by atoms with Gasteiger partial charge in [0.25, 0.3) is 0 Å². The van der Waals surface area contributed by atoms with Crippen LogP contribution < -0.4 is 0 Å². The number of hydrogen-bond donors (Lipinski definition) is 0. The fraction of sp³-hybridized carbons (Fsp3) is 0.241. The minimum absolute atomic E-state index is 0.180. The van der Waals surface area contributed by atoms with Gasteiger partial charge in [-0.15, -0.1) is 6.58 Å². The quantitative estimate of drug-likeness (QED) is 0.306. The van der Waals surface area contributed by atoms with Crippen molar-refractivity contribution < 1.29 is 0 Å². The Morgan fingerprint density at radius 1 is 0.862 bits per heavy atom. The van der Waals surface area contributed by atoms with Crippen LogP contribution in [0.25, 0.3) is 0 Å². The number of rotatable bonds is 6. The normalized spacial score (nSPS) is 20.3. The van der Waals surface area contributed by atoms with Gasteiger partial charge >= 0.3 is 0 Å². The molecule has 3 aromatic rings. The van der Waals surface area contributed by atoms with E-state index in [4.69, 9.17) is 0 Å². The Hall–Kier alpha value is -2.86. The van der Waals surface area contributed by atoms with Crippen LogP contribution in [0.1, 0.15) is 54.0 Å². The van der Waals surface area contributed by atoms with Gasteiger partial charge in [0, 0.05) is 11.3 Å². The highest BCUT2D eigenvalue weighted by molar-refractivity contribution is 5.53. The molecule has 29 heavy (non-hydrogen) atoms. The standard InChI is InChI=1S/C29H30/c1-5-11-24-20-27(22(24)3)23-16-18-26(19-17-23)29(4,25-13-7-6-8-14-25)28-15-10-9-12-21(28)2/h5-10,12-20,22,27H,1,11H2,2-4H3/t22?,27-,29?/m1/s1. The van der Waals surface area contributed by atoms with Crippen molar-refractivity contribution >= 4 is 0 Å². The Labute approximate surface area is 175 Å². The number of hydrogen-bond acceptors (Lipinski definition) is 0. The van der Waals surface area contributed by atoms with E-state index in [0.717, 1.165) is 6.42 Å². The highest BCUT2D eigenvalue weighted by Gasteiger charge is 2.33. The van der Waals surface area contributed by atoms with Crippen molar-refractivity contribution in [3.63, 3.8) is 0 Å². The van der Waals surface area contributed by atoms with Crippen LogP contribution in [0.3, 0.4) is 0 Å². The van der Waals surface area contributed by atoms with Crippen molar-refractivity contribution in [2.24, 2.45) is 5.92 Å². The Balaban J connectivity index is 1.75. The van der Waals surface area contributed by atoms with Gasteiger partial charge in [0.05, 0.1) is 0 Å². The van der Waals surface area contributed by atoms with E-state index in [1.54, 1.807) is 0 Å². The summed E-state index contributed by atoms with van der Waals surface area (Å²) in [6.45, 7) is 10.8. The topological polar surface area (TPSA) is 0 Å². The van der Waals surface area contributed by atoms with Gasteiger partial charge in [0.15, 0.2) is 0 Å². The first-order chi connectivity index (χ1) is 14.1. The molecule has 0 saturated heterocycles. The number of benzene rings is 3. The fourth-order valence-corrected chi connectivity index (χ4v) is 4.87. The summed E-state index contributed by atoms with van der Waals surface area (Å²) in [7, 11) is 0.